The molecular formula is C70H81Cl5N6O2P2PdSn. The molecule has 0 radical (unpaired) electrons. The minimum atomic E-state index is -2.24. The van der Waals surface area contributed by atoms with Crippen molar-refractivity contribution in [2.24, 2.45) is 14.1 Å². The first-order valence-electron chi connectivity index (χ1n) is 29.3. The van der Waals surface area contributed by atoms with E-state index in [4.69, 9.17) is 63.3 Å². The van der Waals surface area contributed by atoms with Crippen LogP contribution in [0.4, 0.5) is 0 Å². The van der Waals surface area contributed by atoms with Gasteiger partial charge in [0, 0.05) is 31.9 Å². The van der Waals surface area contributed by atoms with Crippen molar-refractivity contribution >= 4 is 148 Å². The number of benzene rings is 6. The average molecular weight is 1500 g/mol. The molecule has 0 unspecified atom stereocenters. The quantitative estimate of drug-likeness (QED) is 0.0234. The Labute approximate surface area is 555 Å². The predicted octanol–water partition coefficient (Wildman–Crippen LogP) is 19.1. The summed E-state index contributed by atoms with van der Waals surface area (Å²) in [6, 6.07) is 68.4. The molecule has 0 aliphatic carbocycles. The SMILES string of the molecule is C=C(OCC)c1nc(Cl)nc2c1ccn2C.C=[C](OCC)[Sn]([CH2]CCC)([CH2]CCC)[CH2]CCC.Cn1ccc2c(Cl)nc(Cl)nc21.[Cl][Pd][Cl].c1ccc(P(c2ccccc2)c2ccccc2)cc1.c1ccc(P(c2ccccc2)c2ccccc2)cc1. The van der Waals surface area contributed by atoms with E-state index in [0.29, 0.717) is 23.2 Å². The first-order chi connectivity index (χ1) is 42.3. The van der Waals surface area contributed by atoms with Crippen LogP contribution in [-0.4, -0.2) is 60.7 Å². The number of halogens is 5. The third-order valence-electron chi connectivity index (χ3n) is 14.0. The Kier molecular flexibility index (Phi) is 34.4. The summed E-state index contributed by atoms with van der Waals surface area (Å²) >= 11 is 15.0. The second kappa shape index (κ2) is 40.9. The van der Waals surface area contributed by atoms with E-state index in [2.05, 4.69) is 243 Å². The molecule has 0 saturated carbocycles. The van der Waals surface area contributed by atoms with Gasteiger partial charge >= 0.3 is 155 Å². The molecule has 0 N–H and O–H groups in total. The smallest absolute Gasteiger partial charge is 0.0134 e. The van der Waals surface area contributed by atoms with Crippen molar-refractivity contribution in [3.63, 3.8) is 0 Å². The normalized spacial score (nSPS) is 10.7. The Morgan fingerprint density at radius 3 is 1.06 bits per heavy atom. The summed E-state index contributed by atoms with van der Waals surface area (Å²) in [5.74, 6) is 0.517. The van der Waals surface area contributed by atoms with Crippen molar-refractivity contribution in [3.05, 3.63) is 245 Å². The van der Waals surface area contributed by atoms with E-state index in [0.717, 1.165) is 28.7 Å². The Bertz CT molecular complexity index is 3210. The van der Waals surface area contributed by atoms with Crippen LogP contribution in [-0.2, 0) is 39.5 Å². The minimum Gasteiger partial charge on any atom is -0.0622 e. The van der Waals surface area contributed by atoms with Crippen molar-refractivity contribution in [1.82, 2.24) is 29.1 Å². The average Bonchev–Trinajstić information content (AvgIpc) is 2.80. The summed E-state index contributed by atoms with van der Waals surface area (Å²) in [5.41, 5.74) is 2.17. The number of nitrogens with zero attached hydrogens (tertiary/aromatic N) is 6. The number of rotatable bonds is 21. The molecule has 0 aliphatic heterocycles. The molecule has 10 rings (SSSR count). The molecule has 0 saturated heterocycles. The van der Waals surface area contributed by atoms with Crippen molar-refractivity contribution in [1.29, 1.82) is 0 Å². The van der Waals surface area contributed by atoms with Gasteiger partial charge in [0.1, 0.15) is 27.9 Å². The molecule has 0 spiro atoms. The van der Waals surface area contributed by atoms with Crippen LogP contribution in [0, 0.1) is 0 Å². The maximum atomic E-state index is 5.90. The second-order valence-electron chi connectivity index (χ2n) is 20.0. The molecule has 0 atom stereocenters. The van der Waals surface area contributed by atoms with Crippen LogP contribution in [0.5, 0.6) is 0 Å². The first-order valence-corrected chi connectivity index (χ1v) is 44.6. The molecule has 6 aromatic carbocycles. The third kappa shape index (κ3) is 23.3. The van der Waals surface area contributed by atoms with Gasteiger partial charge in [-0.2, -0.15) is 9.97 Å². The minimum absolute atomic E-state index is 0.106. The molecular weight excluding hydrogens is 1420 g/mol. The zero-order valence-electron chi connectivity index (χ0n) is 50.9. The van der Waals surface area contributed by atoms with Gasteiger partial charge in [0.15, 0.2) is 0 Å². The van der Waals surface area contributed by atoms with Crippen LogP contribution < -0.4 is 31.8 Å². The van der Waals surface area contributed by atoms with Gasteiger partial charge in [-0.1, -0.05) is 200 Å². The van der Waals surface area contributed by atoms with Crippen LogP contribution in [0.3, 0.4) is 0 Å². The number of ether oxygens (including phenoxy) is 2. The van der Waals surface area contributed by atoms with E-state index in [1.165, 1.54) is 87.4 Å². The van der Waals surface area contributed by atoms with Gasteiger partial charge < -0.3 is 13.9 Å². The number of hydrogen-bond acceptors (Lipinski definition) is 6. The predicted molar refractivity (Wildman–Crippen MR) is 380 cm³/mol. The molecule has 4 aromatic heterocycles. The van der Waals surface area contributed by atoms with Gasteiger partial charge in [-0.05, 0) is 89.9 Å². The van der Waals surface area contributed by atoms with Crippen LogP contribution in [0.1, 0.15) is 78.8 Å². The Morgan fingerprint density at radius 2 is 0.747 bits per heavy atom. The molecule has 0 fully saturated rings. The monoisotopic (exact) mass is 1500 g/mol. The Balaban J connectivity index is 0.000000197. The van der Waals surface area contributed by atoms with E-state index >= 15 is 0 Å². The first kappa shape index (κ1) is 73.1. The summed E-state index contributed by atoms with van der Waals surface area (Å²) in [5, 5.41) is 10.9. The van der Waals surface area contributed by atoms with Crippen LogP contribution in [0.25, 0.3) is 27.8 Å². The molecule has 10 aromatic rings. The molecule has 0 bridgehead atoms. The summed E-state index contributed by atoms with van der Waals surface area (Å²) in [6.07, 6.45) is 11.9. The molecule has 17 heteroatoms. The van der Waals surface area contributed by atoms with Crippen molar-refractivity contribution in [2.75, 3.05) is 13.2 Å². The van der Waals surface area contributed by atoms with Gasteiger partial charge in [0.25, 0.3) is 0 Å². The molecule has 0 aliphatic rings. The Morgan fingerprint density at radius 1 is 0.448 bits per heavy atom. The van der Waals surface area contributed by atoms with E-state index in [-0.39, 0.29) is 26.5 Å². The standard InChI is InChI=1S/2C18H15P.C11H12ClN3O.C7H5Cl2N3.C4H7O.3C4H9.2ClH.Pd.Sn/c2*1-4-10-16(11-5-1)19(17-12-6-2-7-13-17)18-14-8-3-9-15-18;1-4-16-7(2)9-8-5-6-15(3)10(8)14-11(12)13-9;1-12-3-2-4-5(8)10-7(9)11-6(4)12;1-3-5-4-2;3*1-3-4-2;;;;/h2*1-15H;5-6H,2,4H2,1,3H3;2-3H,1H3;1,4H2,2H3;3*1,3-4H2,2H3;2*1H;;/q;;;;;;;;;;+2;/p-2. The number of unbranched alkanes of at least 4 members (excludes halogenated alkanes) is 3. The molecule has 8 nitrogen and oxygen atoms in total. The van der Waals surface area contributed by atoms with Gasteiger partial charge in [-0.25, -0.2) is 9.97 Å². The number of aryl methyl sites for hydroxylation is 2. The summed E-state index contributed by atoms with van der Waals surface area (Å²) in [6.45, 7) is 20.5. The van der Waals surface area contributed by atoms with Crippen molar-refractivity contribution < 1.29 is 25.4 Å². The van der Waals surface area contributed by atoms with Crippen molar-refractivity contribution in [3.8, 4) is 0 Å². The molecule has 462 valence electrons. The molecule has 4 heterocycles. The zero-order chi connectivity index (χ0) is 62.8. The molecule has 87 heavy (non-hydrogen) atoms. The summed E-state index contributed by atoms with van der Waals surface area (Å²) < 4.78 is 20.6. The third-order valence-corrected chi connectivity index (χ3v) is 34.5. The fourth-order valence-corrected chi connectivity index (χ4v) is 29.5. The van der Waals surface area contributed by atoms with Gasteiger partial charge in [-0.15, -0.1) is 0 Å². The maximum absolute atomic E-state index is 5.90. The fourth-order valence-electron chi connectivity index (χ4n) is 9.66. The topological polar surface area (TPSA) is 79.9 Å². The van der Waals surface area contributed by atoms with Crippen molar-refractivity contribution in [2.45, 2.75) is 86.5 Å². The Hall–Kier alpha value is -4.59. The number of aromatic nitrogens is 6. The van der Waals surface area contributed by atoms with Gasteiger partial charge in [0.05, 0.1) is 12.0 Å². The van der Waals surface area contributed by atoms with E-state index in [9.17, 15) is 0 Å². The number of hydrogen-bond donors (Lipinski definition) is 0. The van der Waals surface area contributed by atoms with Gasteiger partial charge in [-0.3, -0.25) is 0 Å². The maximum Gasteiger partial charge on any atom is -0.0134 e. The van der Waals surface area contributed by atoms with Crippen LogP contribution in [0.2, 0.25) is 29.0 Å². The van der Waals surface area contributed by atoms with E-state index in [1.807, 2.05) is 54.7 Å². The fraction of sp³-hybridized carbons (Fsp3) is 0.257. The van der Waals surface area contributed by atoms with Crippen LogP contribution in [0.15, 0.2) is 223 Å². The molecule has 0 amide bonds. The number of fused-ring (bicyclic) bond motifs is 2. The van der Waals surface area contributed by atoms with Crippen LogP contribution >= 0.6 is 69.7 Å². The van der Waals surface area contributed by atoms with Gasteiger partial charge in [0.2, 0.25) is 10.6 Å². The zero-order valence-corrected chi connectivity index (χ0v) is 60.9. The largest absolute Gasteiger partial charge is 0.0622 e. The van der Waals surface area contributed by atoms with E-state index < -0.39 is 34.2 Å². The second-order valence-corrected chi connectivity index (χ2v) is 41.0. The van der Waals surface area contributed by atoms with E-state index in [1.54, 1.807) is 0 Å². The summed E-state index contributed by atoms with van der Waals surface area (Å²) in [4.78, 5) is 16.2. The summed E-state index contributed by atoms with van der Waals surface area (Å²) in [7, 11) is 12.5.